The minimum atomic E-state index is -0.440. The fourth-order valence-electron chi connectivity index (χ4n) is 3.30. The SMILES string of the molecule is CCn1c(SCC(=O)Nc2ccc(C(=O)OC)cc2)nc2c([nH]c3ccccc32)c1=O. The molecule has 0 aliphatic heterocycles. The van der Waals surface area contributed by atoms with Gasteiger partial charge in [-0.2, -0.15) is 0 Å². The van der Waals surface area contributed by atoms with E-state index in [9.17, 15) is 14.4 Å². The standard InChI is InChI=1S/C22H20N4O4S/c1-3-26-20(28)19-18(15-6-4-5-7-16(15)24-19)25-22(26)31-12-17(27)23-14-10-8-13(9-11-14)21(29)30-2/h4-11,24H,3,12H2,1-2H3,(H,23,27). The second-order valence-corrected chi connectivity index (χ2v) is 7.69. The van der Waals surface area contributed by atoms with Gasteiger partial charge in [-0.05, 0) is 37.3 Å². The second-order valence-electron chi connectivity index (χ2n) is 6.74. The molecule has 4 rings (SSSR count). The van der Waals surface area contributed by atoms with Crippen molar-refractivity contribution in [2.24, 2.45) is 0 Å². The van der Waals surface area contributed by atoms with Gasteiger partial charge < -0.3 is 15.0 Å². The minimum Gasteiger partial charge on any atom is -0.465 e. The summed E-state index contributed by atoms with van der Waals surface area (Å²) < 4.78 is 6.22. The number of esters is 1. The molecule has 0 aliphatic carbocycles. The summed E-state index contributed by atoms with van der Waals surface area (Å²) in [6.45, 7) is 2.31. The summed E-state index contributed by atoms with van der Waals surface area (Å²) >= 11 is 1.20. The predicted octanol–water partition coefficient (Wildman–Crippen LogP) is 3.42. The Kier molecular flexibility index (Phi) is 5.77. The van der Waals surface area contributed by atoms with E-state index in [0.717, 1.165) is 10.9 Å². The molecule has 0 unspecified atom stereocenters. The first-order chi connectivity index (χ1) is 15.0. The number of para-hydroxylation sites is 1. The van der Waals surface area contributed by atoms with E-state index < -0.39 is 5.97 Å². The summed E-state index contributed by atoms with van der Waals surface area (Å²) in [6, 6.07) is 14.0. The van der Waals surface area contributed by atoms with Crippen LogP contribution in [0.25, 0.3) is 21.9 Å². The highest BCUT2D eigenvalue weighted by molar-refractivity contribution is 7.99. The number of hydrogen-bond acceptors (Lipinski definition) is 6. The number of anilines is 1. The topological polar surface area (TPSA) is 106 Å². The first-order valence-corrected chi connectivity index (χ1v) is 10.6. The molecule has 2 heterocycles. The largest absolute Gasteiger partial charge is 0.465 e. The quantitative estimate of drug-likeness (QED) is 0.273. The predicted molar refractivity (Wildman–Crippen MR) is 121 cm³/mol. The van der Waals surface area contributed by atoms with Crippen LogP contribution < -0.4 is 10.9 Å². The third-order valence-electron chi connectivity index (χ3n) is 4.81. The Bertz CT molecular complexity index is 1340. The Hall–Kier alpha value is -3.59. The molecule has 8 nitrogen and oxygen atoms in total. The zero-order valence-corrected chi connectivity index (χ0v) is 17.8. The molecule has 0 spiro atoms. The molecule has 2 N–H and O–H groups in total. The van der Waals surface area contributed by atoms with Crippen molar-refractivity contribution in [3.8, 4) is 0 Å². The molecular weight excluding hydrogens is 416 g/mol. The van der Waals surface area contributed by atoms with E-state index >= 15 is 0 Å². The molecule has 2 aromatic carbocycles. The van der Waals surface area contributed by atoms with Crippen molar-refractivity contribution in [2.45, 2.75) is 18.6 Å². The Labute approximate surface area is 181 Å². The number of ether oxygens (including phenoxy) is 1. The summed E-state index contributed by atoms with van der Waals surface area (Å²) in [5.74, 6) is -0.601. The van der Waals surface area contributed by atoms with Gasteiger partial charge in [0.25, 0.3) is 5.56 Å². The number of benzene rings is 2. The van der Waals surface area contributed by atoms with Gasteiger partial charge in [0, 0.05) is 23.1 Å². The minimum absolute atomic E-state index is 0.0824. The fourth-order valence-corrected chi connectivity index (χ4v) is 4.16. The third-order valence-corrected chi connectivity index (χ3v) is 5.79. The Morgan fingerprint density at radius 3 is 2.61 bits per heavy atom. The van der Waals surface area contributed by atoms with Gasteiger partial charge in [0.15, 0.2) is 5.16 Å². The zero-order chi connectivity index (χ0) is 22.0. The van der Waals surface area contributed by atoms with Crippen LogP contribution in [-0.2, 0) is 16.1 Å². The fraction of sp³-hybridized carbons (Fsp3) is 0.182. The average Bonchev–Trinajstić information content (AvgIpc) is 3.17. The number of thioether (sulfide) groups is 1. The van der Waals surface area contributed by atoms with Crippen molar-refractivity contribution < 1.29 is 14.3 Å². The van der Waals surface area contributed by atoms with Gasteiger partial charge in [-0.1, -0.05) is 30.0 Å². The Balaban J connectivity index is 1.54. The van der Waals surface area contributed by atoms with Crippen LogP contribution in [0.4, 0.5) is 5.69 Å². The van der Waals surface area contributed by atoms with Crippen molar-refractivity contribution in [3.63, 3.8) is 0 Å². The number of carbonyl (C=O) groups excluding carboxylic acids is 2. The van der Waals surface area contributed by atoms with E-state index in [-0.39, 0.29) is 17.2 Å². The van der Waals surface area contributed by atoms with E-state index in [1.165, 1.54) is 18.9 Å². The molecule has 0 saturated carbocycles. The lowest BCUT2D eigenvalue weighted by molar-refractivity contribution is -0.113. The van der Waals surface area contributed by atoms with Gasteiger partial charge in [0.1, 0.15) is 11.0 Å². The number of aromatic amines is 1. The number of fused-ring (bicyclic) bond motifs is 3. The highest BCUT2D eigenvalue weighted by Gasteiger charge is 2.16. The van der Waals surface area contributed by atoms with Gasteiger partial charge in [-0.15, -0.1) is 0 Å². The molecule has 0 radical (unpaired) electrons. The molecule has 0 bridgehead atoms. The molecule has 1 amide bonds. The van der Waals surface area contributed by atoms with Gasteiger partial charge in [-0.25, -0.2) is 9.78 Å². The molecular formula is C22H20N4O4S. The molecule has 0 fully saturated rings. The van der Waals surface area contributed by atoms with Crippen LogP contribution in [0.15, 0.2) is 58.5 Å². The first-order valence-electron chi connectivity index (χ1n) is 9.64. The van der Waals surface area contributed by atoms with Crippen molar-refractivity contribution in [1.82, 2.24) is 14.5 Å². The van der Waals surface area contributed by atoms with Crippen LogP contribution in [0.3, 0.4) is 0 Å². The van der Waals surface area contributed by atoms with Crippen LogP contribution in [0, 0.1) is 0 Å². The lowest BCUT2D eigenvalue weighted by Gasteiger charge is -2.10. The molecule has 0 saturated heterocycles. The van der Waals surface area contributed by atoms with Crippen molar-refractivity contribution in [1.29, 1.82) is 0 Å². The molecule has 0 aliphatic rings. The number of rotatable bonds is 6. The normalized spacial score (nSPS) is 11.0. The van der Waals surface area contributed by atoms with Gasteiger partial charge >= 0.3 is 5.97 Å². The Morgan fingerprint density at radius 1 is 1.16 bits per heavy atom. The summed E-state index contributed by atoms with van der Waals surface area (Å²) in [7, 11) is 1.31. The summed E-state index contributed by atoms with van der Waals surface area (Å²) in [5.41, 5.74) is 2.71. The molecule has 9 heteroatoms. The van der Waals surface area contributed by atoms with Gasteiger partial charge in [0.05, 0.1) is 18.4 Å². The van der Waals surface area contributed by atoms with E-state index in [2.05, 4.69) is 20.0 Å². The van der Waals surface area contributed by atoms with Gasteiger partial charge in [0.2, 0.25) is 5.91 Å². The third kappa shape index (κ3) is 4.04. The summed E-state index contributed by atoms with van der Waals surface area (Å²) in [5, 5.41) is 4.13. The van der Waals surface area contributed by atoms with Crippen LogP contribution in [-0.4, -0.2) is 39.3 Å². The lowest BCUT2D eigenvalue weighted by Crippen LogP contribution is -2.23. The molecule has 2 aromatic heterocycles. The molecule has 4 aromatic rings. The zero-order valence-electron chi connectivity index (χ0n) is 17.0. The number of nitrogens with zero attached hydrogens (tertiary/aromatic N) is 2. The van der Waals surface area contributed by atoms with Crippen molar-refractivity contribution in [3.05, 3.63) is 64.4 Å². The van der Waals surface area contributed by atoms with Crippen LogP contribution in [0.1, 0.15) is 17.3 Å². The number of nitrogens with one attached hydrogen (secondary N) is 2. The van der Waals surface area contributed by atoms with Crippen LogP contribution in [0.5, 0.6) is 0 Å². The van der Waals surface area contributed by atoms with E-state index in [0.29, 0.717) is 34.0 Å². The number of H-pyrrole nitrogens is 1. The highest BCUT2D eigenvalue weighted by atomic mass is 32.2. The number of aromatic nitrogens is 3. The van der Waals surface area contributed by atoms with Gasteiger partial charge in [-0.3, -0.25) is 14.2 Å². The van der Waals surface area contributed by atoms with E-state index in [4.69, 9.17) is 0 Å². The number of carbonyl (C=O) groups is 2. The molecule has 0 atom stereocenters. The number of amides is 1. The summed E-state index contributed by atoms with van der Waals surface area (Å²) in [4.78, 5) is 44.7. The van der Waals surface area contributed by atoms with Crippen molar-refractivity contribution in [2.75, 3.05) is 18.2 Å². The maximum Gasteiger partial charge on any atom is 0.337 e. The maximum atomic E-state index is 12.9. The lowest BCUT2D eigenvalue weighted by atomic mass is 10.2. The molecule has 31 heavy (non-hydrogen) atoms. The van der Waals surface area contributed by atoms with Crippen LogP contribution >= 0.6 is 11.8 Å². The molecule has 158 valence electrons. The average molecular weight is 436 g/mol. The van der Waals surface area contributed by atoms with Crippen LogP contribution in [0.2, 0.25) is 0 Å². The second kappa shape index (κ2) is 8.65. The monoisotopic (exact) mass is 436 g/mol. The first kappa shape index (κ1) is 20.7. The maximum absolute atomic E-state index is 12.9. The van der Waals surface area contributed by atoms with E-state index in [1.807, 2.05) is 31.2 Å². The summed E-state index contributed by atoms with van der Waals surface area (Å²) in [6.07, 6.45) is 0. The Morgan fingerprint density at radius 2 is 1.90 bits per heavy atom. The van der Waals surface area contributed by atoms with E-state index in [1.54, 1.807) is 28.8 Å². The number of hydrogen-bond donors (Lipinski definition) is 2. The van der Waals surface area contributed by atoms with Crippen molar-refractivity contribution >= 4 is 51.3 Å². The number of methoxy groups -OCH3 is 1. The highest BCUT2D eigenvalue weighted by Crippen LogP contribution is 2.24. The smallest absolute Gasteiger partial charge is 0.337 e.